The van der Waals surface area contributed by atoms with E-state index >= 15 is 0 Å². The van der Waals surface area contributed by atoms with Crippen LogP contribution < -0.4 is 4.99 Å². The van der Waals surface area contributed by atoms with Crippen LogP contribution in [0.5, 0.6) is 0 Å². The molecule has 0 saturated carbocycles. The molecule has 2 aromatic rings. The number of H-pyrrole nitrogens is 1. The zero-order valence-corrected chi connectivity index (χ0v) is 12.0. The largest absolute Gasteiger partial charge is 0.350 e. The molecule has 3 nitrogen and oxygen atoms in total. The van der Waals surface area contributed by atoms with Gasteiger partial charge < -0.3 is 4.98 Å². The van der Waals surface area contributed by atoms with Crippen LogP contribution in [-0.2, 0) is 11.2 Å². The Labute approximate surface area is 113 Å². The van der Waals surface area contributed by atoms with Gasteiger partial charge in [0.05, 0.1) is 0 Å². The van der Waals surface area contributed by atoms with E-state index in [1.165, 1.54) is 10.9 Å². The van der Waals surface area contributed by atoms with Crippen LogP contribution in [0.3, 0.4) is 0 Å². The van der Waals surface area contributed by atoms with Gasteiger partial charge in [0, 0.05) is 31.2 Å². The molecule has 0 bridgehead atoms. The molecule has 2 N–H and O–H groups in total. The SMILES string of the molecule is CC.CC(=O)C1Cc2c([nH]c3ccccc23)C(C)=[NH+]1. The standard InChI is InChI=1S/C14H14N2O.C2H6/c1-8-14-11(7-13(15-8)9(2)17)10-5-3-4-6-12(10)16-14;1-2/h3-6,13,16H,7H2,1-2H3;1-2H3/p+1. The minimum absolute atomic E-state index is 0.0818. The van der Waals surface area contributed by atoms with Crippen molar-refractivity contribution in [3.05, 3.63) is 35.5 Å². The molecule has 19 heavy (non-hydrogen) atoms. The maximum absolute atomic E-state index is 11.5. The van der Waals surface area contributed by atoms with Crippen molar-refractivity contribution in [1.29, 1.82) is 0 Å². The highest BCUT2D eigenvalue weighted by molar-refractivity contribution is 6.02. The first kappa shape index (κ1) is 13.5. The van der Waals surface area contributed by atoms with E-state index < -0.39 is 0 Å². The van der Waals surface area contributed by atoms with E-state index in [-0.39, 0.29) is 11.8 Å². The number of nitrogens with one attached hydrogen (secondary N) is 2. The molecule has 1 aromatic heterocycles. The van der Waals surface area contributed by atoms with E-state index in [1.54, 1.807) is 6.92 Å². The minimum Gasteiger partial charge on any atom is -0.350 e. The molecule has 100 valence electrons. The molecule has 2 heterocycles. The Kier molecular flexibility index (Phi) is 3.84. The summed E-state index contributed by atoms with van der Waals surface area (Å²) in [4.78, 5) is 18.2. The van der Waals surface area contributed by atoms with E-state index in [4.69, 9.17) is 0 Å². The molecule has 0 aliphatic carbocycles. The molecule has 3 rings (SSSR count). The lowest BCUT2D eigenvalue weighted by molar-refractivity contribution is -0.488. The molecule has 1 unspecified atom stereocenters. The monoisotopic (exact) mass is 257 g/mol. The van der Waals surface area contributed by atoms with Gasteiger partial charge in [0.1, 0.15) is 5.69 Å². The zero-order valence-electron chi connectivity index (χ0n) is 12.0. The summed E-state index contributed by atoms with van der Waals surface area (Å²) < 4.78 is 0. The van der Waals surface area contributed by atoms with Gasteiger partial charge >= 0.3 is 0 Å². The first-order valence-electron chi connectivity index (χ1n) is 6.87. The number of Topliss-reactive ketones (excluding diaryl/α,β-unsaturated/α-hetero) is 1. The fourth-order valence-electron chi connectivity index (χ4n) is 2.57. The van der Waals surface area contributed by atoms with Gasteiger partial charge in [0.15, 0.2) is 11.5 Å². The van der Waals surface area contributed by atoms with Crippen LogP contribution in [0.1, 0.15) is 39.0 Å². The number of benzene rings is 1. The van der Waals surface area contributed by atoms with Crippen LogP contribution in [0.2, 0.25) is 0 Å². The van der Waals surface area contributed by atoms with Crippen molar-refractivity contribution in [2.24, 2.45) is 0 Å². The quantitative estimate of drug-likeness (QED) is 0.801. The Bertz CT molecular complexity index is 637. The van der Waals surface area contributed by atoms with Crippen LogP contribution in [0, 0.1) is 0 Å². The molecular formula is C16H21N2O+. The number of carbonyl (C=O) groups is 1. The third-order valence-electron chi connectivity index (χ3n) is 3.48. The Morgan fingerprint density at radius 3 is 2.68 bits per heavy atom. The molecule has 0 amide bonds. The van der Waals surface area contributed by atoms with Gasteiger partial charge in [0.2, 0.25) is 6.04 Å². The molecule has 0 radical (unpaired) electrons. The second kappa shape index (κ2) is 5.39. The predicted octanol–water partition coefficient (Wildman–Crippen LogP) is 1.60. The second-order valence-corrected chi connectivity index (χ2v) is 4.66. The fourth-order valence-corrected chi connectivity index (χ4v) is 2.57. The molecule has 0 saturated heterocycles. The number of para-hydroxylation sites is 1. The number of fused-ring (bicyclic) bond motifs is 3. The van der Waals surface area contributed by atoms with Crippen molar-refractivity contribution in [2.45, 2.75) is 40.2 Å². The van der Waals surface area contributed by atoms with Gasteiger partial charge in [-0.05, 0) is 11.6 Å². The minimum atomic E-state index is -0.0818. The van der Waals surface area contributed by atoms with Crippen molar-refractivity contribution in [2.75, 3.05) is 0 Å². The first-order valence-corrected chi connectivity index (χ1v) is 6.87. The summed E-state index contributed by atoms with van der Waals surface area (Å²) in [5, 5.41) is 1.23. The summed E-state index contributed by atoms with van der Waals surface area (Å²) in [5.41, 5.74) is 4.60. The number of hydrogen-bond acceptors (Lipinski definition) is 1. The molecule has 0 spiro atoms. The lowest BCUT2D eigenvalue weighted by Gasteiger charge is -2.11. The topological polar surface area (TPSA) is 46.8 Å². The van der Waals surface area contributed by atoms with Gasteiger partial charge in [-0.2, -0.15) is 0 Å². The smallest absolute Gasteiger partial charge is 0.212 e. The Morgan fingerprint density at radius 2 is 2.00 bits per heavy atom. The summed E-state index contributed by atoms with van der Waals surface area (Å²) in [7, 11) is 0. The number of aromatic amines is 1. The lowest BCUT2D eigenvalue weighted by Crippen LogP contribution is -2.83. The number of aromatic nitrogens is 1. The van der Waals surface area contributed by atoms with Gasteiger partial charge in [-0.25, -0.2) is 4.99 Å². The summed E-state index contributed by atoms with van der Waals surface area (Å²) in [5.74, 6) is 0.195. The molecule has 1 aromatic carbocycles. The molecule has 1 atom stereocenters. The summed E-state index contributed by atoms with van der Waals surface area (Å²) in [6.07, 6.45) is 0.770. The summed E-state index contributed by atoms with van der Waals surface area (Å²) in [6.45, 7) is 7.66. The third-order valence-corrected chi connectivity index (χ3v) is 3.48. The van der Waals surface area contributed by atoms with E-state index in [2.05, 4.69) is 22.1 Å². The number of hydrogen-bond donors (Lipinski definition) is 2. The Hall–Kier alpha value is -1.90. The van der Waals surface area contributed by atoms with Crippen LogP contribution in [0.15, 0.2) is 24.3 Å². The van der Waals surface area contributed by atoms with Crippen molar-refractivity contribution in [3.63, 3.8) is 0 Å². The molecule has 3 heteroatoms. The lowest BCUT2D eigenvalue weighted by atomic mass is 9.96. The van der Waals surface area contributed by atoms with E-state index in [9.17, 15) is 4.79 Å². The Balaban J connectivity index is 0.000000637. The van der Waals surface area contributed by atoms with Crippen LogP contribution >= 0.6 is 0 Å². The van der Waals surface area contributed by atoms with Crippen molar-refractivity contribution >= 4 is 22.4 Å². The van der Waals surface area contributed by atoms with Crippen LogP contribution in [0.4, 0.5) is 0 Å². The average Bonchev–Trinajstić information content (AvgIpc) is 2.80. The Morgan fingerprint density at radius 1 is 1.32 bits per heavy atom. The molecular weight excluding hydrogens is 236 g/mol. The first-order chi connectivity index (χ1) is 9.16. The maximum Gasteiger partial charge on any atom is 0.212 e. The third kappa shape index (κ3) is 2.33. The number of carbonyl (C=O) groups excluding carboxylic acids is 1. The number of rotatable bonds is 1. The molecule has 0 fully saturated rings. The summed E-state index contributed by atoms with van der Waals surface area (Å²) >= 11 is 0. The van der Waals surface area contributed by atoms with Crippen molar-refractivity contribution in [3.8, 4) is 0 Å². The van der Waals surface area contributed by atoms with Gasteiger partial charge in [-0.3, -0.25) is 4.79 Å². The normalized spacial score (nSPS) is 17.3. The van der Waals surface area contributed by atoms with Crippen molar-refractivity contribution in [1.82, 2.24) is 4.98 Å². The van der Waals surface area contributed by atoms with Gasteiger partial charge in [-0.1, -0.05) is 32.0 Å². The predicted molar refractivity (Wildman–Crippen MR) is 78.6 cm³/mol. The molecule has 1 aliphatic heterocycles. The van der Waals surface area contributed by atoms with E-state index in [0.29, 0.717) is 0 Å². The fraction of sp³-hybridized carbons (Fsp3) is 0.375. The molecule has 1 aliphatic rings. The van der Waals surface area contributed by atoms with E-state index in [1.807, 2.05) is 32.9 Å². The highest BCUT2D eigenvalue weighted by atomic mass is 16.1. The van der Waals surface area contributed by atoms with Crippen LogP contribution in [0.25, 0.3) is 10.9 Å². The van der Waals surface area contributed by atoms with Gasteiger partial charge in [0.25, 0.3) is 0 Å². The van der Waals surface area contributed by atoms with Gasteiger partial charge in [-0.15, -0.1) is 0 Å². The zero-order chi connectivity index (χ0) is 14.0. The summed E-state index contributed by atoms with van der Waals surface area (Å²) in [6, 6.07) is 8.16. The highest BCUT2D eigenvalue weighted by Gasteiger charge is 2.30. The van der Waals surface area contributed by atoms with Crippen LogP contribution in [-0.4, -0.2) is 22.5 Å². The second-order valence-electron chi connectivity index (χ2n) is 4.66. The maximum atomic E-state index is 11.5. The van der Waals surface area contributed by atoms with Crippen molar-refractivity contribution < 1.29 is 9.79 Å². The number of ketones is 1. The highest BCUT2D eigenvalue weighted by Crippen LogP contribution is 2.24. The van der Waals surface area contributed by atoms with E-state index in [0.717, 1.165) is 23.3 Å². The average molecular weight is 257 g/mol.